The van der Waals surface area contributed by atoms with Gasteiger partial charge in [0.1, 0.15) is 13.7 Å². The van der Waals surface area contributed by atoms with Crippen molar-refractivity contribution in [3.05, 3.63) is 29.6 Å². The van der Waals surface area contributed by atoms with E-state index in [0.717, 1.165) is 6.07 Å². The average molecular weight is 168 g/mol. The van der Waals surface area contributed by atoms with Gasteiger partial charge in [0.15, 0.2) is 0 Å². The number of hydrogen-bond acceptors (Lipinski definition) is 1. The maximum Gasteiger partial charge on any atom is 0.252 e. The summed E-state index contributed by atoms with van der Waals surface area (Å²) in [6, 6.07) is 3.58. The summed E-state index contributed by atoms with van der Waals surface area (Å²) in [6.45, 7) is 0. The Morgan fingerprint density at radius 2 is 2.18 bits per heavy atom. The smallest absolute Gasteiger partial charge is 0.252 e. The molecule has 4 heteroatoms. The normalized spacial score (nSPS) is 9.64. The van der Waals surface area contributed by atoms with Crippen molar-refractivity contribution in [3.8, 4) is 0 Å². The zero-order valence-corrected chi connectivity index (χ0v) is 6.23. The molecule has 1 rings (SSSR count). The third kappa shape index (κ3) is 1.81. The number of rotatable bonds is 1. The van der Waals surface area contributed by atoms with Crippen LogP contribution in [0.3, 0.4) is 0 Å². The number of benzene rings is 1. The molecule has 1 aromatic rings. The van der Waals surface area contributed by atoms with Crippen molar-refractivity contribution < 1.29 is 9.18 Å². The molecule has 1 nitrogen and oxygen atoms in total. The summed E-state index contributed by atoms with van der Waals surface area (Å²) in [6.07, 6.45) is 0. The SMILES string of the molecule is [B]c1cc(C(=O)Cl)ccc1F. The monoisotopic (exact) mass is 168 g/mol. The van der Waals surface area contributed by atoms with Gasteiger partial charge in [-0.05, 0) is 23.7 Å². The highest BCUT2D eigenvalue weighted by molar-refractivity contribution is 6.67. The van der Waals surface area contributed by atoms with E-state index in [1.165, 1.54) is 12.1 Å². The van der Waals surface area contributed by atoms with E-state index in [9.17, 15) is 9.18 Å². The molecule has 2 radical (unpaired) electrons. The van der Waals surface area contributed by atoms with Gasteiger partial charge in [0, 0.05) is 5.56 Å². The van der Waals surface area contributed by atoms with Crippen LogP contribution in [0.1, 0.15) is 10.4 Å². The summed E-state index contributed by atoms with van der Waals surface area (Å²) in [5.41, 5.74) is 0.127. The maximum atomic E-state index is 12.5. The number of carbonyl (C=O) groups is 1. The van der Waals surface area contributed by atoms with E-state index in [1.54, 1.807) is 0 Å². The molecule has 1 aromatic carbocycles. The Bertz CT molecular complexity index is 300. The summed E-state index contributed by atoms with van der Waals surface area (Å²) in [4.78, 5) is 10.5. The molecule has 0 fully saturated rings. The van der Waals surface area contributed by atoms with Gasteiger partial charge in [-0.2, -0.15) is 0 Å². The second kappa shape index (κ2) is 3.05. The Labute approximate surface area is 69.6 Å². The molecule has 0 aromatic heterocycles. The number of hydrogen-bond donors (Lipinski definition) is 0. The van der Waals surface area contributed by atoms with Gasteiger partial charge >= 0.3 is 0 Å². The molecule has 54 valence electrons. The highest BCUT2D eigenvalue weighted by Crippen LogP contribution is 2.02. The van der Waals surface area contributed by atoms with Crippen LogP contribution in [0.25, 0.3) is 0 Å². The average Bonchev–Trinajstić information content (AvgIpc) is 1.94. The van der Waals surface area contributed by atoms with Crippen molar-refractivity contribution in [2.75, 3.05) is 0 Å². The van der Waals surface area contributed by atoms with Crippen molar-refractivity contribution in [2.24, 2.45) is 0 Å². The summed E-state index contributed by atoms with van der Waals surface area (Å²) < 4.78 is 12.5. The van der Waals surface area contributed by atoms with E-state index >= 15 is 0 Å². The van der Waals surface area contributed by atoms with E-state index in [1.807, 2.05) is 0 Å². The highest BCUT2D eigenvalue weighted by atomic mass is 35.5. The molecule has 0 amide bonds. The highest BCUT2D eigenvalue weighted by Gasteiger charge is 2.03. The minimum atomic E-state index is -0.642. The van der Waals surface area contributed by atoms with Crippen LogP contribution in [0.5, 0.6) is 0 Å². The van der Waals surface area contributed by atoms with Crippen molar-refractivity contribution in [1.29, 1.82) is 0 Å². The Morgan fingerprint density at radius 1 is 1.55 bits per heavy atom. The first kappa shape index (κ1) is 8.27. The fourth-order valence-corrected chi connectivity index (χ4v) is 0.784. The van der Waals surface area contributed by atoms with Crippen LogP contribution in [0.15, 0.2) is 18.2 Å². The minimum Gasteiger partial charge on any atom is -0.276 e. The Kier molecular flexibility index (Phi) is 2.30. The molecule has 0 aliphatic carbocycles. The summed E-state index contributed by atoms with van der Waals surface area (Å²) >= 11 is 5.11. The minimum absolute atomic E-state index is 0.0727. The van der Waals surface area contributed by atoms with Gasteiger partial charge in [0.05, 0.1) is 0 Å². The van der Waals surface area contributed by atoms with Crippen molar-refractivity contribution in [1.82, 2.24) is 0 Å². The molecule has 0 saturated carbocycles. The molecule has 11 heavy (non-hydrogen) atoms. The van der Waals surface area contributed by atoms with Crippen LogP contribution < -0.4 is 5.46 Å². The summed E-state index contributed by atoms with van der Waals surface area (Å²) in [5.74, 6) is -0.549. The maximum absolute atomic E-state index is 12.5. The van der Waals surface area contributed by atoms with Crippen LogP contribution >= 0.6 is 11.6 Å². The van der Waals surface area contributed by atoms with Crippen molar-refractivity contribution in [2.45, 2.75) is 0 Å². The zero-order valence-electron chi connectivity index (χ0n) is 5.47. The quantitative estimate of drug-likeness (QED) is 0.452. The zero-order chi connectivity index (χ0) is 8.43. The van der Waals surface area contributed by atoms with Crippen molar-refractivity contribution >= 4 is 30.2 Å². The molecule has 0 bridgehead atoms. The molecule has 0 saturated heterocycles. The van der Waals surface area contributed by atoms with Gasteiger partial charge in [-0.25, -0.2) is 4.39 Å². The fourth-order valence-electron chi connectivity index (χ4n) is 0.666. The van der Waals surface area contributed by atoms with Crippen LogP contribution in [0.4, 0.5) is 4.39 Å². The van der Waals surface area contributed by atoms with Crippen LogP contribution in [-0.4, -0.2) is 13.1 Å². The summed E-state index contributed by atoms with van der Waals surface area (Å²) in [7, 11) is 5.17. The van der Waals surface area contributed by atoms with E-state index in [0.29, 0.717) is 0 Å². The lowest BCUT2D eigenvalue weighted by Gasteiger charge is -1.97. The standard InChI is InChI=1S/C7H3BClFO/c8-5-3-4(7(9)11)1-2-6(5)10/h1-3H. The first-order valence-corrected chi connectivity index (χ1v) is 3.24. The van der Waals surface area contributed by atoms with Gasteiger partial charge in [0.25, 0.3) is 5.24 Å². The molecular formula is C7H3BClFO. The number of halogens is 2. The third-order valence-corrected chi connectivity index (χ3v) is 1.44. The Morgan fingerprint density at radius 3 is 2.64 bits per heavy atom. The van der Waals surface area contributed by atoms with Gasteiger partial charge in [-0.3, -0.25) is 4.79 Å². The topological polar surface area (TPSA) is 17.1 Å². The van der Waals surface area contributed by atoms with Crippen LogP contribution in [-0.2, 0) is 0 Å². The lowest BCUT2D eigenvalue weighted by Crippen LogP contribution is -2.09. The predicted octanol–water partition coefficient (Wildman–Crippen LogP) is 0.998. The van der Waals surface area contributed by atoms with Gasteiger partial charge < -0.3 is 0 Å². The first-order chi connectivity index (χ1) is 5.11. The van der Waals surface area contributed by atoms with Crippen LogP contribution in [0.2, 0.25) is 0 Å². The fraction of sp³-hybridized carbons (Fsp3) is 0. The largest absolute Gasteiger partial charge is 0.276 e. The third-order valence-electron chi connectivity index (χ3n) is 1.22. The molecule has 0 N–H and O–H groups in total. The second-order valence-electron chi connectivity index (χ2n) is 2.01. The van der Waals surface area contributed by atoms with Crippen molar-refractivity contribution in [3.63, 3.8) is 0 Å². The molecule has 0 atom stereocenters. The molecule has 0 spiro atoms. The second-order valence-corrected chi connectivity index (χ2v) is 2.35. The molecule has 0 heterocycles. The van der Waals surface area contributed by atoms with Crippen LogP contribution in [0, 0.1) is 5.82 Å². The van der Waals surface area contributed by atoms with E-state index in [2.05, 4.69) is 0 Å². The van der Waals surface area contributed by atoms with Gasteiger partial charge in [0.2, 0.25) is 0 Å². The van der Waals surface area contributed by atoms with E-state index in [-0.39, 0.29) is 11.0 Å². The van der Waals surface area contributed by atoms with Gasteiger partial charge in [-0.15, -0.1) is 0 Å². The predicted molar refractivity (Wildman–Crippen MR) is 42.0 cm³/mol. The molecular weight excluding hydrogens is 165 g/mol. The lowest BCUT2D eigenvalue weighted by atomic mass is 9.94. The summed E-state index contributed by atoms with van der Waals surface area (Å²) in [5, 5.41) is -0.642. The molecule has 0 unspecified atom stereocenters. The Hall–Kier alpha value is -0.825. The number of carbonyl (C=O) groups excluding carboxylic acids is 1. The van der Waals surface area contributed by atoms with E-state index in [4.69, 9.17) is 19.4 Å². The first-order valence-electron chi connectivity index (χ1n) is 2.86. The lowest BCUT2D eigenvalue weighted by molar-refractivity contribution is 0.108. The van der Waals surface area contributed by atoms with E-state index < -0.39 is 11.1 Å². The van der Waals surface area contributed by atoms with Gasteiger partial charge in [-0.1, -0.05) is 11.5 Å². The molecule has 0 aliphatic rings. The Balaban J connectivity index is 3.15. The molecule has 0 aliphatic heterocycles.